The van der Waals surface area contributed by atoms with Gasteiger partial charge in [-0.25, -0.2) is 0 Å². The summed E-state index contributed by atoms with van der Waals surface area (Å²) < 4.78 is 7.73. The SMILES string of the molecule is Brc1cc(-c2nnc(CCCNC3CC3)o2)sc1Br. The van der Waals surface area contributed by atoms with Crippen LogP contribution in [0.2, 0.25) is 0 Å². The average Bonchev–Trinajstić information content (AvgIpc) is 2.99. The van der Waals surface area contributed by atoms with Crippen molar-refractivity contribution in [2.45, 2.75) is 31.7 Å². The first-order valence-corrected chi connectivity index (χ1v) is 8.63. The van der Waals surface area contributed by atoms with Gasteiger partial charge in [-0.15, -0.1) is 21.5 Å². The minimum absolute atomic E-state index is 0.599. The molecule has 2 aromatic rings. The van der Waals surface area contributed by atoms with Gasteiger partial charge >= 0.3 is 0 Å². The maximum absolute atomic E-state index is 5.68. The molecule has 7 heteroatoms. The Morgan fingerprint density at radius 2 is 2.21 bits per heavy atom. The predicted molar refractivity (Wildman–Crippen MR) is 82.4 cm³/mol. The van der Waals surface area contributed by atoms with Crippen LogP contribution in [0.4, 0.5) is 0 Å². The van der Waals surface area contributed by atoms with Crippen LogP contribution >= 0.6 is 43.2 Å². The fourth-order valence-corrected chi connectivity index (χ4v) is 3.70. The lowest BCUT2D eigenvalue weighted by molar-refractivity contribution is 0.491. The molecule has 1 saturated carbocycles. The number of halogens is 2. The standard InChI is InChI=1S/C12H13Br2N3OS/c13-8-6-9(19-11(8)14)12-17-16-10(18-12)2-1-5-15-7-3-4-7/h6-7,15H,1-5H2. The van der Waals surface area contributed by atoms with Crippen LogP contribution in [-0.2, 0) is 6.42 Å². The van der Waals surface area contributed by atoms with E-state index in [1.807, 2.05) is 6.07 Å². The molecule has 0 saturated heterocycles. The van der Waals surface area contributed by atoms with Crippen molar-refractivity contribution < 1.29 is 4.42 Å². The Hall–Kier alpha value is -0.240. The zero-order valence-electron chi connectivity index (χ0n) is 10.2. The van der Waals surface area contributed by atoms with Crippen molar-refractivity contribution in [3.63, 3.8) is 0 Å². The first-order chi connectivity index (χ1) is 9.22. The maximum atomic E-state index is 5.68. The Morgan fingerprint density at radius 1 is 1.37 bits per heavy atom. The summed E-state index contributed by atoms with van der Waals surface area (Å²) in [5.74, 6) is 1.31. The molecule has 19 heavy (non-hydrogen) atoms. The number of nitrogens with zero attached hydrogens (tertiary/aromatic N) is 2. The zero-order chi connectivity index (χ0) is 13.2. The largest absolute Gasteiger partial charge is 0.420 e. The van der Waals surface area contributed by atoms with E-state index in [2.05, 4.69) is 47.4 Å². The lowest BCUT2D eigenvalue weighted by atomic mass is 10.3. The van der Waals surface area contributed by atoms with Crippen LogP contribution in [0.15, 0.2) is 18.7 Å². The van der Waals surface area contributed by atoms with E-state index in [0.29, 0.717) is 11.8 Å². The molecule has 0 amide bonds. The summed E-state index contributed by atoms with van der Waals surface area (Å²) in [4.78, 5) is 0.980. The van der Waals surface area contributed by atoms with E-state index < -0.39 is 0 Å². The lowest BCUT2D eigenvalue weighted by Gasteiger charge is -1.99. The number of aromatic nitrogens is 2. The highest BCUT2D eigenvalue weighted by atomic mass is 79.9. The van der Waals surface area contributed by atoms with E-state index in [-0.39, 0.29) is 0 Å². The van der Waals surface area contributed by atoms with Gasteiger partial charge in [0.25, 0.3) is 5.89 Å². The second-order valence-electron chi connectivity index (χ2n) is 4.57. The smallest absolute Gasteiger partial charge is 0.257 e. The quantitative estimate of drug-likeness (QED) is 0.736. The molecule has 0 unspecified atom stereocenters. The lowest BCUT2D eigenvalue weighted by Crippen LogP contribution is -2.17. The number of hydrogen-bond donors (Lipinski definition) is 1. The van der Waals surface area contributed by atoms with E-state index in [1.54, 1.807) is 11.3 Å². The number of rotatable bonds is 6. The van der Waals surface area contributed by atoms with Crippen molar-refractivity contribution in [1.29, 1.82) is 0 Å². The van der Waals surface area contributed by atoms with Gasteiger partial charge in [0.1, 0.15) is 0 Å². The van der Waals surface area contributed by atoms with Gasteiger partial charge in [0.05, 0.1) is 8.66 Å². The van der Waals surface area contributed by atoms with E-state index in [9.17, 15) is 0 Å². The van der Waals surface area contributed by atoms with Gasteiger partial charge < -0.3 is 9.73 Å². The van der Waals surface area contributed by atoms with Crippen molar-refractivity contribution in [3.05, 3.63) is 20.2 Å². The summed E-state index contributed by atoms with van der Waals surface area (Å²) in [6.07, 6.45) is 4.52. The highest BCUT2D eigenvalue weighted by Gasteiger charge is 2.19. The zero-order valence-corrected chi connectivity index (χ0v) is 14.1. The molecule has 1 aliphatic carbocycles. The summed E-state index contributed by atoms with van der Waals surface area (Å²) in [5, 5.41) is 11.7. The molecule has 1 N–H and O–H groups in total. The van der Waals surface area contributed by atoms with Crippen molar-refractivity contribution in [1.82, 2.24) is 15.5 Å². The number of aryl methyl sites for hydroxylation is 1. The summed E-state index contributed by atoms with van der Waals surface area (Å²) in [6, 6.07) is 2.75. The van der Waals surface area contributed by atoms with Gasteiger partial charge in [0, 0.05) is 16.9 Å². The molecule has 0 radical (unpaired) electrons. The molecule has 0 aliphatic heterocycles. The molecule has 0 atom stereocenters. The highest BCUT2D eigenvalue weighted by Crippen LogP contribution is 2.37. The van der Waals surface area contributed by atoms with E-state index in [4.69, 9.17) is 4.42 Å². The van der Waals surface area contributed by atoms with Gasteiger partial charge in [-0.05, 0) is 63.7 Å². The topological polar surface area (TPSA) is 51.0 Å². The molecule has 1 aliphatic rings. The van der Waals surface area contributed by atoms with Gasteiger partial charge in [-0.2, -0.15) is 0 Å². The third-order valence-electron chi connectivity index (χ3n) is 2.90. The normalized spacial score (nSPS) is 15.1. The molecule has 1 fully saturated rings. The molecule has 4 nitrogen and oxygen atoms in total. The fourth-order valence-electron chi connectivity index (χ4n) is 1.74. The molecular weight excluding hydrogens is 394 g/mol. The van der Waals surface area contributed by atoms with Crippen molar-refractivity contribution in [3.8, 4) is 10.8 Å². The molecular formula is C12H13Br2N3OS. The Kier molecular flexibility index (Phi) is 4.36. The first-order valence-electron chi connectivity index (χ1n) is 6.23. The van der Waals surface area contributed by atoms with Gasteiger partial charge in [-0.1, -0.05) is 0 Å². The summed E-state index contributed by atoms with van der Waals surface area (Å²) >= 11 is 8.50. The Morgan fingerprint density at radius 3 is 2.89 bits per heavy atom. The van der Waals surface area contributed by atoms with Crippen LogP contribution in [0, 0.1) is 0 Å². The number of thiophene rings is 1. The van der Waals surface area contributed by atoms with E-state index in [0.717, 1.165) is 38.6 Å². The van der Waals surface area contributed by atoms with Gasteiger partial charge in [0.2, 0.25) is 5.89 Å². The minimum Gasteiger partial charge on any atom is -0.420 e. The molecule has 2 aromatic heterocycles. The molecule has 3 rings (SSSR count). The molecule has 2 heterocycles. The van der Waals surface area contributed by atoms with Crippen LogP contribution in [-0.4, -0.2) is 22.8 Å². The van der Waals surface area contributed by atoms with Crippen molar-refractivity contribution >= 4 is 43.2 Å². The van der Waals surface area contributed by atoms with E-state index in [1.165, 1.54) is 12.8 Å². The third-order valence-corrected chi connectivity index (χ3v) is 6.14. The molecule has 0 bridgehead atoms. The predicted octanol–water partition coefficient (Wildman–Crippen LogP) is 4.01. The summed E-state index contributed by atoms with van der Waals surface area (Å²) in [5.41, 5.74) is 0. The summed E-state index contributed by atoms with van der Waals surface area (Å²) in [6.45, 7) is 1.03. The minimum atomic E-state index is 0.599. The second kappa shape index (κ2) is 6.03. The van der Waals surface area contributed by atoms with Crippen LogP contribution in [0.5, 0.6) is 0 Å². The Labute approximate surface area is 132 Å². The third kappa shape index (κ3) is 3.65. The van der Waals surface area contributed by atoms with Crippen molar-refractivity contribution in [2.24, 2.45) is 0 Å². The van der Waals surface area contributed by atoms with Crippen LogP contribution < -0.4 is 5.32 Å². The monoisotopic (exact) mass is 405 g/mol. The van der Waals surface area contributed by atoms with Crippen molar-refractivity contribution in [2.75, 3.05) is 6.54 Å². The van der Waals surface area contributed by atoms with Crippen LogP contribution in [0.3, 0.4) is 0 Å². The first kappa shape index (κ1) is 13.7. The fraction of sp³-hybridized carbons (Fsp3) is 0.500. The highest BCUT2D eigenvalue weighted by molar-refractivity contribution is 9.13. The van der Waals surface area contributed by atoms with Gasteiger partial charge in [0.15, 0.2) is 0 Å². The Balaban J connectivity index is 1.55. The van der Waals surface area contributed by atoms with E-state index >= 15 is 0 Å². The average molecular weight is 407 g/mol. The van der Waals surface area contributed by atoms with Crippen LogP contribution in [0.1, 0.15) is 25.2 Å². The number of nitrogens with one attached hydrogen (secondary N) is 1. The molecule has 0 spiro atoms. The maximum Gasteiger partial charge on any atom is 0.257 e. The number of hydrogen-bond acceptors (Lipinski definition) is 5. The summed E-state index contributed by atoms with van der Waals surface area (Å²) in [7, 11) is 0. The Bertz CT molecular complexity index is 546. The van der Waals surface area contributed by atoms with Crippen LogP contribution in [0.25, 0.3) is 10.8 Å². The molecule has 102 valence electrons. The second-order valence-corrected chi connectivity index (χ2v) is 7.79. The molecule has 0 aromatic carbocycles. The van der Waals surface area contributed by atoms with Gasteiger partial charge in [-0.3, -0.25) is 0 Å².